The van der Waals surface area contributed by atoms with Crippen LogP contribution in [0.3, 0.4) is 0 Å². The fourth-order valence-electron chi connectivity index (χ4n) is 1.41. The predicted octanol–water partition coefficient (Wildman–Crippen LogP) is 3.29. The van der Waals surface area contributed by atoms with E-state index in [4.69, 9.17) is 11.6 Å². The van der Waals surface area contributed by atoms with Gasteiger partial charge in [0.2, 0.25) is 0 Å². The summed E-state index contributed by atoms with van der Waals surface area (Å²) in [5, 5.41) is 9.96. The van der Waals surface area contributed by atoms with Gasteiger partial charge in [0, 0.05) is 5.88 Å². The van der Waals surface area contributed by atoms with Gasteiger partial charge >= 0.3 is 0 Å². The quantitative estimate of drug-likeness (QED) is 0.343. The first-order valence-electron chi connectivity index (χ1n) is 5.15. The van der Waals surface area contributed by atoms with Crippen LogP contribution in [-0.4, -0.2) is 24.5 Å². The van der Waals surface area contributed by atoms with Gasteiger partial charge < -0.3 is 0 Å². The number of alkyl halides is 1. The van der Waals surface area contributed by atoms with Crippen LogP contribution < -0.4 is 0 Å². The van der Waals surface area contributed by atoms with Crippen LogP contribution in [-0.2, 0) is 9.84 Å². The molecule has 0 aliphatic heterocycles. The Morgan fingerprint density at radius 2 is 2.11 bits per heavy atom. The molecule has 0 aliphatic rings. The molecule has 0 spiro atoms. The molecule has 0 aliphatic carbocycles. The Balaban J connectivity index is 3.49. The van der Waals surface area contributed by atoms with E-state index in [1.165, 1.54) is 6.92 Å². The van der Waals surface area contributed by atoms with Crippen molar-refractivity contribution in [3.05, 3.63) is 32.5 Å². The first kappa shape index (κ1) is 16.3. The van der Waals surface area contributed by atoms with E-state index < -0.39 is 36.4 Å². The summed E-state index contributed by atoms with van der Waals surface area (Å²) in [4.78, 5) is 9.41. The summed E-state index contributed by atoms with van der Waals surface area (Å²) >= 11 is 8.30. The van der Waals surface area contributed by atoms with Crippen LogP contribution in [0, 0.1) is 15.9 Å². The number of hydrogen-bond donors (Lipinski definition) is 0. The van der Waals surface area contributed by atoms with E-state index >= 15 is 0 Å². The molecular weight excluding hydrogens is 365 g/mol. The van der Waals surface area contributed by atoms with Gasteiger partial charge in [0.1, 0.15) is 10.7 Å². The van der Waals surface area contributed by atoms with E-state index in [1.54, 1.807) is 0 Å². The molecule has 0 saturated carbocycles. The Morgan fingerprint density at radius 3 is 2.58 bits per heavy atom. The van der Waals surface area contributed by atoms with E-state index in [0.29, 0.717) is 6.07 Å². The Labute approximate surface area is 123 Å². The Hall–Kier alpha value is -0.730. The highest BCUT2D eigenvalue weighted by Gasteiger charge is 2.32. The smallest absolute Gasteiger partial charge is 0.258 e. The molecule has 106 valence electrons. The lowest BCUT2D eigenvalue weighted by Gasteiger charge is -2.12. The number of nitro groups is 1. The number of sulfone groups is 1. The van der Waals surface area contributed by atoms with E-state index in [1.807, 2.05) is 0 Å². The van der Waals surface area contributed by atoms with Crippen molar-refractivity contribution in [1.82, 2.24) is 0 Å². The van der Waals surface area contributed by atoms with Crippen LogP contribution in [0.4, 0.5) is 10.1 Å². The van der Waals surface area contributed by atoms with Gasteiger partial charge in [0.05, 0.1) is 20.7 Å². The molecule has 1 rings (SSSR count). The number of rotatable bonds is 5. The third-order valence-corrected chi connectivity index (χ3v) is 5.61. The summed E-state index contributed by atoms with van der Waals surface area (Å²) in [5.74, 6) is -0.785. The van der Waals surface area contributed by atoms with Crippen molar-refractivity contribution in [2.75, 3.05) is 5.88 Å². The van der Waals surface area contributed by atoms with Gasteiger partial charge in [-0.25, -0.2) is 12.8 Å². The second kappa shape index (κ2) is 6.15. The number of benzene rings is 1. The SMILES string of the molecule is CC(CCCl)S(=O)(=O)c1cc(Br)c(F)cc1[N+](=O)[O-]. The van der Waals surface area contributed by atoms with Crippen LogP contribution >= 0.6 is 27.5 Å². The first-order chi connectivity index (χ1) is 8.71. The van der Waals surface area contributed by atoms with Crippen LogP contribution in [0.1, 0.15) is 13.3 Å². The second-order valence-corrected chi connectivity index (χ2v) is 7.39. The molecule has 1 aromatic rings. The molecule has 1 atom stereocenters. The summed E-state index contributed by atoms with van der Waals surface area (Å²) in [6, 6.07) is 1.50. The average Bonchev–Trinajstić information content (AvgIpc) is 2.31. The molecule has 0 heterocycles. The standard InChI is InChI=1S/C10H10BrClFNO4S/c1-6(2-3-12)19(17,18)10-4-7(11)8(13)5-9(10)14(15)16/h4-6H,2-3H2,1H3. The van der Waals surface area contributed by atoms with Gasteiger partial charge in [-0.05, 0) is 35.3 Å². The second-order valence-electron chi connectivity index (χ2n) is 3.82. The van der Waals surface area contributed by atoms with Crippen molar-refractivity contribution in [2.45, 2.75) is 23.5 Å². The molecule has 5 nitrogen and oxygen atoms in total. The monoisotopic (exact) mass is 373 g/mol. The lowest BCUT2D eigenvalue weighted by Crippen LogP contribution is -2.20. The minimum atomic E-state index is -3.94. The fraction of sp³-hybridized carbons (Fsp3) is 0.400. The third kappa shape index (κ3) is 3.43. The Kier molecular flexibility index (Phi) is 5.28. The first-order valence-corrected chi connectivity index (χ1v) is 8.02. The molecule has 0 radical (unpaired) electrons. The average molecular weight is 375 g/mol. The van der Waals surface area contributed by atoms with E-state index in [-0.39, 0.29) is 16.8 Å². The summed E-state index contributed by atoms with van der Waals surface area (Å²) < 4.78 is 37.6. The minimum absolute atomic E-state index is 0.108. The molecule has 0 saturated heterocycles. The number of nitro benzene ring substituents is 1. The summed E-state index contributed by atoms with van der Waals surface area (Å²) in [6.45, 7) is 1.40. The number of nitrogens with zero attached hydrogens (tertiary/aromatic N) is 1. The van der Waals surface area contributed by atoms with E-state index in [2.05, 4.69) is 15.9 Å². The molecule has 0 bridgehead atoms. The molecule has 9 heteroatoms. The molecule has 0 fully saturated rings. The molecule has 1 aromatic carbocycles. The normalized spacial score (nSPS) is 13.3. The van der Waals surface area contributed by atoms with Crippen molar-refractivity contribution >= 4 is 43.1 Å². The Morgan fingerprint density at radius 1 is 1.53 bits per heavy atom. The molecule has 1 unspecified atom stereocenters. The zero-order valence-corrected chi connectivity index (χ0v) is 12.9. The molecule has 0 N–H and O–H groups in total. The highest BCUT2D eigenvalue weighted by molar-refractivity contribution is 9.10. The van der Waals surface area contributed by atoms with Crippen molar-refractivity contribution in [2.24, 2.45) is 0 Å². The topological polar surface area (TPSA) is 77.3 Å². The summed E-state index contributed by atoms with van der Waals surface area (Å²) in [5.41, 5.74) is -0.776. The number of halogens is 3. The van der Waals surface area contributed by atoms with Gasteiger partial charge in [-0.15, -0.1) is 11.6 Å². The van der Waals surface area contributed by atoms with Crippen molar-refractivity contribution in [3.8, 4) is 0 Å². The highest BCUT2D eigenvalue weighted by atomic mass is 79.9. The van der Waals surface area contributed by atoms with Gasteiger partial charge in [-0.2, -0.15) is 0 Å². The van der Waals surface area contributed by atoms with Gasteiger partial charge in [0.15, 0.2) is 9.84 Å². The van der Waals surface area contributed by atoms with E-state index in [0.717, 1.165) is 6.07 Å². The van der Waals surface area contributed by atoms with Crippen LogP contribution in [0.2, 0.25) is 0 Å². The van der Waals surface area contributed by atoms with Crippen molar-refractivity contribution < 1.29 is 17.7 Å². The van der Waals surface area contributed by atoms with E-state index in [9.17, 15) is 22.9 Å². The largest absolute Gasteiger partial charge is 0.290 e. The lowest BCUT2D eigenvalue weighted by atomic mass is 10.3. The summed E-state index contributed by atoms with van der Waals surface area (Å²) in [6.07, 6.45) is 0.149. The maximum Gasteiger partial charge on any atom is 0.290 e. The van der Waals surface area contributed by atoms with Crippen molar-refractivity contribution in [1.29, 1.82) is 0 Å². The summed E-state index contributed by atoms with van der Waals surface area (Å²) in [7, 11) is -3.94. The molecule has 0 aromatic heterocycles. The molecule has 0 amide bonds. The van der Waals surface area contributed by atoms with Gasteiger partial charge in [-0.1, -0.05) is 0 Å². The molecular formula is C10H10BrClFNO4S. The predicted molar refractivity (Wildman–Crippen MR) is 72.7 cm³/mol. The molecule has 19 heavy (non-hydrogen) atoms. The van der Waals surface area contributed by atoms with Gasteiger partial charge in [0.25, 0.3) is 5.69 Å². The number of hydrogen-bond acceptors (Lipinski definition) is 4. The fourth-order valence-corrected chi connectivity index (χ4v) is 3.93. The zero-order chi connectivity index (χ0) is 14.8. The van der Waals surface area contributed by atoms with Crippen LogP contribution in [0.25, 0.3) is 0 Å². The van der Waals surface area contributed by atoms with Crippen LogP contribution in [0.15, 0.2) is 21.5 Å². The zero-order valence-electron chi connectivity index (χ0n) is 9.77. The third-order valence-electron chi connectivity index (χ3n) is 2.55. The van der Waals surface area contributed by atoms with Crippen molar-refractivity contribution in [3.63, 3.8) is 0 Å². The lowest BCUT2D eigenvalue weighted by molar-refractivity contribution is -0.388. The highest BCUT2D eigenvalue weighted by Crippen LogP contribution is 2.32. The minimum Gasteiger partial charge on any atom is -0.258 e. The Bertz CT molecular complexity index is 608. The maximum absolute atomic E-state index is 13.3. The van der Waals surface area contributed by atoms with Crippen LogP contribution in [0.5, 0.6) is 0 Å². The van der Waals surface area contributed by atoms with Gasteiger partial charge in [-0.3, -0.25) is 10.1 Å². The maximum atomic E-state index is 13.3.